The molecule has 2 amide bonds. The van der Waals surface area contributed by atoms with Crippen molar-refractivity contribution in [2.24, 2.45) is 5.92 Å². The van der Waals surface area contributed by atoms with Crippen LogP contribution in [0.4, 0.5) is 5.69 Å². The Morgan fingerprint density at radius 1 is 1.16 bits per heavy atom. The minimum absolute atomic E-state index is 0.0346. The van der Waals surface area contributed by atoms with E-state index in [4.69, 9.17) is 0 Å². The summed E-state index contributed by atoms with van der Waals surface area (Å²) in [5.41, 5.74) is 0.563. The van der Waals surface area contributed by atoms with Crippen LogP contribution in [-0.2, 0) is 19.6 Å². The molecule has 1 saturated heterocycles. The van der Waals surface area contributed by atoms with E-state index < -0.39 is 10.0 Å². The minimum Gasteiger partial charge on any atom is -0.343 e. The van der Waals surface area contributed by atoms with Crippen molar-refractivity contribution in [2.75, 3.05) is 25.0 Å². The van der Waals surface area contributed by atoms with Crippen LogP contribution in [0.1, 0.15) is 33.1 Å². The summed E-state index contributed by atoms with van der Waals surface area (Å²) in [4.78, 5) is 25.6. The van der Waals surface area contributed by atoms with Gasteiger partial charge < -0.3 is 10.2 Å². The first-order chi connectivity index (χ1) is 11.8. The van der Waals surface area contributed by atoms with Crippen LogP contribution in [0.2, 0.25) is 0 Å². The summed E-state index contributed by atoms with van der Waals surface area (Å²) in [6.45, 7) is 4.99. The summed E-state index contributed by atoms with van der Waals surface area (Å²) in [7, 11) is -3.50. The van der Waals surface area contributed by atoms with Crippen LogP contribution >= 0.6 is 0 Å². The first-order valence-electron chi connectivity index (χ1n) is 8.49. The van der Waals surface area contributed by atoms with Crippen LogP contribution in [0.5, 0.6) is 0 Å². The largest absolute Gasteiger partial charge is 0.343 e. The number of hydrogen-bond donors (Lipinski definition) is 2. The van der Waals surface area contributed by atoms with Gasteiger partial charge in [-0.3, -0.25) is 9.59 Å². The third-order valence-electron chi connectivity index (χ3n) is 4.29. The first kappa shape index (κ1) is 19.4. The first-order valence-corrected chi connectivity index (χ1v) is 9.98. The third-order valence-corrected chi connectivity index (χ3v) is 5.76. The van der Waals surface area contributed by atoms with E-state index in [0.29, 0.717) is 38.2 Å². The second-order valence-electron chi connectivity index (χ2n) is 6.19. The lowest BCUT2D eigenvalue weighted by Gasteiger charge is -2.30. The monoisotopic (exact) mass is 367 g/mol. The van der Waals surface area contributed by atoms with Crippen molar-refractivity contribution in [1.29, 1.82) is 0 Å². The second-order valence-corrected chi connectivity index (χ2v) is 7.96. The van der Waals surface area contributed by atoms with Gasteiger partial charge in [-0.05, 0) is 43.5 Å². The molecule has 0 atom stereocenters. The van der Waals surface area contributed by atoms with Crippen molar-refractivity contribution in [3.05, 3.63) is 24.3 Å². The van der Waals surface area contributed by atoms with Gasteiger partial charge in [-0.25, -0.2) is 13.1 Å². The molecule has 0 bridgehead atoms. The molecule has 0 radical (unpaired) electrons. The Morgan fingerprint density at radius 3 is 2.28 bits per heavy atom. The smallest absolute Gasteiger partial charge is 0.240 e. The van der Waals surface area contributed by atoms with Crippen molar-refractivity contribution in [1.82, 2.24) is 9.62 Å². The molecule has 25 heavy (non-hydrogen) atoms. The molecule has 0 aliphatic carbocycles. The maximum Gasteiger partial charge on any atom is 0.240 e. The molecule has 1 fully saturated rings. The van der Waals surface area contributed by atoms with Gasteiger partial charge >= 0.3 is 0 Å². The van der Waals surface area contributed by atoms with Crippen molar-refractivity contribution < 1.29 is 18.0 Å². The van der Waals surface area contributed by atoms with Gasteiger partial charge in [0.25, 0.3) is 0 Å². The number of carbonyl (C=O) groups is 2. The fourth-order valence-electron chi connectivity index (χ4n) is 2.74. The number of nitrogens with zero attached hydrogens (tertiary/aromatic N) is 1. The van der Waals surface area contributed by atoms with E-state index in [9.17, 15) is 18.0 Å². The molecule has 0 aromatic heterocycles. The quantitative estimate of drug-likeness (QED) is 0.798. The van der Waals surface area contributed by atoms with Gasteiger partial charge in [-0.15, -0.1) is 0 Å². The number of amides is 2. The average molecular weight is 367 g/mol. The van der Waals surface area contributed by atoms with Gasteiger partial charge in [0, 0.05) is 38.2 Å². The van der Waals surface area contributed by atoms with E-state index >= 15 is 0 Å². The zero-order valence-corrected chi connectivity index (χ0v) is 15.4. The van der Waals surface area contributed by atoms with E-state index in [1.807, 2.05) is 6.92 Å². The SMILES string of the molecule is CCCNS(=O)(=O)c1ccc(NC(=O)C2CCN(C(C)=O)CC2)cc1. The molecule has 2 N–H and O–H groups in total. The molecule has 0 spiro atoms. The Balaban J connectivity index is 1.93. The second kappa shape index (κ2) is 8.44. The highest BCUT2D eigenvalue weighted by atomic mass is 32.2. The van der Waals surface area contributed by atoms with Gasteiger partial charge in [0.05, 0.1) is 4.90 Å². The van der Waals surface area contributed by atoms with E-state index in [0.717, 1.165) is 6.42 Å². The molecule has 8 heteroatoms. The highest BCUT2D eigenvalue weighted by Crippen LogP contribution is 2.20. The van der Waals surface area contributed by atoms with Crippen LogP contribution in [-0.4, -0.2) is 44.8 Å². The minimum atomic E-state index is -3.50. The van der Waals surface area contributed by atoms with Gasteiger partial charge in [0.1, 0.15) is 0 Å². The number of likely N-dealkylation sites (tertiary alicyclic amines) is 1. The van der Waals surface area contributed by atoms with Crippen LogP contribution < -0.4 is 10.0 Å². The molecule has 0 saturated carbocycles. The summed E-state index contributed by atoms with van der Waals surface area (Å²) in [6.07, 6.45) is 1.99. The standard InChI is InChI=1S/C17H25N3O4S/c1-3-10-18-25(23,24)16-6-4-15(5-7-16)19-17(22)14-8-11-20(12-9-14)13(2)21/h4-7,14,18H,3,8-12H2,1-2H3,(H,19,22). The normalized spacial score (nSPS) is 15.8. The summed E-state index contributed by atoms with van der Waals surface area (Å²) in [6, 6.07) is 6.13. The molecule has 7 nitrogen and oxygen atoms in total. The highest BCUT2D eigenvalue weighted by Gasteiger charge is 2.26. The van der Waals surface area contributed by atoms with E-state index in [2.05, 4.69) is 10.0 Å². The molecular formula is C17H25N3O4S. The van der Waals surface area contributed by atoms with Crippen LogP contribution in [0, 0.1) is 5.92 Å². The van der Waals surface area contributed by atoms with E-state index in [-0.39, 0.29) is 22.6 Å². The lowest BCUT2D eigenvalue weighted by atomic mass is 9.96. The predicted octanol–water partition coefficient (Wildman–Crippen LogP) is 1.57. The highest BCUT2D eigenvalue weighted by molar-refractivity contribution is 7.89. The molecule has 1 aliphatic heterocycles. The van der Waals surface area contributed by atoms with Crippen molar-refractivity contribution >= 4 is 27.5 Å². The Hall–Kier alpha value is -1.93. The fraction of sp³-hybridized carbons (Fsp3) is 0.529. The fourth-order valence-corrected chi connectivity index (χ4v) is 3.87. The molecule has 1 aliphatic rings. The van der Waals surface area contributed by atoms with Gasteiger partial charge in [-0.1, -0.05) is 6.92 Å². The number of hydrogen-bond acceptors (Lipinski definition) is 4. The van der Waals surface area contributed by atoms with Crippen LogP contribution in [0.25, 0.3) is 0 Å². The number of piperidine rings is 1. The number of rotatable bonds is 6. The summed E-state index contributed by atoms with van der Waals surface area (Å²) in [5, 5.41) is 2.82. The molecule has 2 rings (SSSR count). The number of nitrogens with one attached hydrogen (secondary N) is 2. The average Bonchev–Trinajstić information content (AvgIpc) is 2.60. The lowest BCUT2D eigenvalue weighted by Crippen LogP contribution is -2.40. The number of carbonyl (C=O) groups excluding carboxylic acids is 2. The Bertz CT molecular complexity index is 708. The predicted molar refractivity (Wildman–Crippen MR) is 95.5 cm³/mol. The zero-order valence-electron chi connectivity index (χ0n) is 14.6. The third kappa shape index (κ3) is 5.27. The number of anilines is 1. The van der Waals surface area contributed by atoms with E-state index in [1.54, 1.807) is 17.0 Å². The molecule has 1 aromatic carbocycles. The molecule has 1 heterocycles. The molecule has 1 aromatic rings. The van der Waals surface area contributed by atoms with Crippen molar-refractivity contribution in [3.63, 3.8) is 0 Å². The molecule has 138 valence electrons. The maximum absolute atomic E-state index is 12.3. The topological polar surface area (TPSA) is 95.6 Å². The van der Waals surface area contributed by atoms with Crippen LogP contribution in [0.3, 0.4) is 0 Å². The Morgan fingerprint density at radius 2 is 1.76 bits per heavy atom. The number of benzene rings is 1. The summed E-state index contributed by atoms with van der Waals surface area (Å²) in [5.74, 6) is -0.194. The van der Waals surface area contributed by atoms with Crippen molar-refractivity contribution in [2.45, 2.75) is 38.0 Å². The zero-order chi connectivity index (χ0) is 18.4. The van der Waals surface area contributed by atoms with Crippen molar-refractivity contribution in [3.8, 4) is 0 Å². The summed E-state index contributed by atoms with van der Waals surface area (Å²) >= 11 is 0. The van der Waals surface area contributed by atoms with E-state index in [1.165, 1.54) is 19.1 Å². The maximum atomic E-state index is 12.3. The van der Waals surface area contributed by atoms with Gasteiger partial charge in [-0.2, -0.15) is 0 Å². The van der Waals surface area contributed by atoms with Gasteiger partial charge in [0.15, 0.2) is 0 Å². The summed E-state index contributed by atoms with van der Waals surface area (Å²) < 4.78 is 26.6. The Kier molecular flexibility index (Phi) is 6.55. The van der Waals surface area contributed by atoms with Crippen LogP contribution in [0.15, 0.2) is 29.2 Å². The lowest BCUT2D eigenvalue weighted by molar-refractivity contribution is -0.132. The molecule has 0 unspecified atom stereocenters. The Labute approximate surface area is 148 Å². The number of sulfonamides is 1. The van der Waals surface area contributed by atoms with Gasteiger partial charge in [0.2, 0.25) is 21.8 Å². The molecular weight excluding hydrogens is 342 g/mol.